The van der Waals surface area contributed by atoms with Crippen LogP contribution in [0.4, 0.5) is 0 Å². The number of benzene rings is 1. The highest BCUT2D eigenvalue weighted by atomic mass is 16.5. The summed E-state index contributed by atoms with van der Waals surface area (Å²) in [6.45, 7) is 0.622. The second-order valence-corrected chi connectivity index (χ2v) is 7.87. The fraction of sp³-hybridized carbons (Fsp3) is 0.476. The number of aromatic nitrogens is 1. The van der Waals surface area contributed by atoms with E-state index >= 15 is 0 Å². The molecular formula is C21H26N2O2. The summed E-state index contributed by atoms with van der Waals surface area (Å²) in [5.41, 5.74) is 2.25. The first-order valence-corrected chi connectivity index (χ1v) is 9.09. The van der Waals surface area contributed by atoms with Crippen molar-refractivity contribution in [3.8, 4) is 5.75 Å². The van der Waals surface area contributed by atoms with E-state index in [1.807, 2.05) is 42.4 Å². The lowest BCUT2D eigenvalue weighted by Crippen LogP contribution is -2.60. The number of ether oxygens (including phenoxy) is 1. The second kappa shape index (κ2) is 5.94. The number of methoxy groups -OCH3 is 1. The number of H-pyrrole nitrogens is 1. The van der Waals surface area contributed by atoms with Gasteiger partial charge in [-0.15, -0.1) is 0 Å². The molecule has 0 radical (unpaired) electrons. The van der Waals surface area contributed by atoms with Gasteiger partial charge in [-0.3, -0.25) is 4.79 Å². The number of rotatable bonds is 5. The van der Waals surface area contributed by atoms with Gasteiger partial charge in [0.1, 0.15) is 5.75 Å². The Labute approximate surface area is 149 Å². The second-order valence-electron chi connectivity index (χ2n) is 7.87. The number of hydrogen-bond acceptors (Lipinski definition) is 2. The molecule has 1 spiro atoms. The zero-order chi connectivity index (χ0) is 17.5. The summed E-state index contributed by atoms with van der Waals surface area (Å²) in [5, 5.41) is 0. The van der Waals surface area contributed by atoms with E-state index in [2.05, 4.69) is 17.1 Å². The van der Waals surface area contributed by atoms with Gasteiger partial charge in [0, 0.05) is 18.9 Å². The van der Waals surface area contributed by atoms with Crippen molar-refractivity contribution in [1.29, 1.82) is 0 Å². The van der Waals surface area contributed by atoms with Crippen LogP contribution < -0.4 is 4.74 Å². The molecule has 0 aliphatic heterocycles. The lowest BCUT2D eigenvalue weighted by Gasteiger charge is -2.61. The third-order valence-corrected chi connectivity index (χ3v) is 6.24. The average Bonchev–Trinajstić information content (AvgIpc) is 3.06. The highest BCUT2D eigenvalue weighted by Crippen LogP contribution is 2.65. The highest BCUT2D eigenvalue weighted by Gasteiger charge is 2.61. The monoisotopic (exact) mass is 338 g/mol. The van der Waals surface area contributed by atoms with Crippen molar-refractivity contribution in [1.82, 2.24) is 9.88 Å². The van der Waals surface area contributed by atoms with Crippen LogP contribution in [-0.2, 0) is 16.8 Å². The van der Waals surface area contributed by atoms with Crippen molar-refractivity contribution in [2.75, 3.05) is 14.2 Å². The molecule has 1 heterocycles. The number of carbonyl (C=O) groups excluding carboxylic acids is 1. The Hall–Kier alpha value is -2.23. The van der Waals surface area contributed by atoms with E-state index in [-0.39, 0.29) is 11.3 Å². The smallest absolute Gasteiger partial charge is 0.233 e. The van der Waals surface area contributed by atoms with Crippen LogP contribution in [0.25, 0.3) is 0 Å². The van der Waals surface area contributed by atoms with Gasteiger partial charge in [0.2, 0.25) is 5.91 Å². The van der Waals surface area contributed by atoms with Crippen molar-refractivity contribution in [2.45, 2.75) is 44.1 Å². The molecule has 1 amide bonds. The highest BCUT2D eigenvalue weighted by molar-refractivity contribution is 5.89. The van der Waals surface area contributed by atoms with E-state index < -0.39 is 0 Å². The van der Waals surface area contributed by atoms with Gasteiger partial charge in [-0.2, -0.15) is 0 Å². The lowest BCUT2D eigenvalue weighted by atomic mass is 9.43. The number of amides is 1. The molecule has 4 heteroatoms. The number of hydrogen-bond donors (Lipinski definition) is 1. The number of nitrogens with one attached hydrogen (secondary N) is 1. The first-order valence-electron chi connectivity index (χ1n) is 9.09. The summed E-state index contributed by atoms with van der Waals surface area (Å²) in [6, 6.07) is 12.1. The predicted octanol–water partition coefficient (Wildman–Crippen LogP) is 3.88. The van der Waals surface area contributed by atoms with Crippen LogP contribution in [0.5, 0.6) is 5.75 Å². The lowest BCUT2D eigenvalue weighted by molar-refractivity contribution is -0.152. The average molecular weight is 338 g/mol. The van der Waals surface area contributed by atoms with E-state index in [1.54, 1.807) is 7.11 Å². The molecule has 0 saturated heterocycles. The van der Waals surface area contributed by atoms with Gasteiger partial charge in [0.05, 0.1) is 19.1 Å². The zero-order valence-electron chi connectivity index (χ0n) is 15.0. The van der Waals surface area contributed by atoms with Gasteiger partial charge in [0.25, 0.3) is 0 Å². The van der Waals surface area contributed by atoms with Gasteiger partial charge >= 0.3 is 0 Å². The van der Waals surface area contributed by atoms with Crippen molar-refractivity contribution >= 4 is 5.91 Å². The Bertz CT molecular complexity index is 737. The standard InChI is InChI=1S/C21H26N2O2/c1-23(13-17-5-3-12-22-17)19(24)21(14-20(15-21)10-4-11-20)16-6-8-18(25-2)9-7-16/h3,5-9,12,22H,4,10-11,13-15H2,1-2H3. The van der Waals surface area contributed by atoms with Crippen LogP contribution in [-0.4, -0.2) is 29.9 Å². The summed E-state index contributed by atoms with van der Waals surface area (Å²) in [4.78, 5) is 18.5. The van der Waals surface area contributed by atoms with Crippen molar-refractivity contribution in [3.63, 3.8) is 0 Å². The molecule has 2 saturated carbocycles. The number of aromatic amines is 1. The first-order chi connectivity index (χ1) is 12.1. The van der Waals surface area contributed by atoms with Gasteiger partial charge < -0.3 is 14.6 Å². The Morgan fingerprint density at radius 3 is 2.44 bits per heavy atom. The largest absolute Gasteiger partial charge is 0.497 e. The molecule has 25 heavy (non-hydrogen) atoms. The maximum Gasteiger partial charge on any atom is 0.233 e. The molecule has 0 unspecified atom stereocenters. The van der Waals surface area contributed by atoms with Crippen LogP contribution in [0.3, 0.4) is 0 Å². The third kappa shape index (κ3) is 2.64. The molecule has 1 aromatic carbocycles. The minimum Gasteiger partial charge on any atom is -0.497 e. The number of carbonyl (C=O) groups is 1. The minimum absolute atomic E-state index is 0.241. The third-order valence-electron chi connectivity index (χ3n) is 6.24. The molecule has 4 rings (SSSR count). The van der Waals surface area contributed by atoms with Gasteiger partial charge in [0.15, 0.2) is 0 Å². The molecule has 2 fully saturated rings. The fourth-order valence-electron chi connectivity index (χ4n) is 4.81. The SMILES string of the molecule is COc1ccc(C2(C(=O)N(C)Cc3ccc[nH]3)CC3(CCC3)C2)cc1. The topological polar surface area (TPSA) is 45.3 Å². The Kier molecular flexibility index (Phi) is 3.86. The molecular weight excluding hydrogens is 312 g/mol. The van der Waals surface area contributed by atoms with Crippen molar-refractivity contribution in [3.05, 3.63) is 53.9 Å². The predicted molar refractivity (Wildman–Crippen MR) is 97.5 cm³/mol. The van der Waals surface area contributed by atoms with Gasteiger partial charge in [-0.25, -0.2) is 0 Å². The molecule has 0 bridgehead atoms. The van der Waals surface area contributed by atoms with E-state index in [0.29, 0.717) is 12.0 Å². The molecule has 0 atom stereocenters. The normalized spacial score (nSPS) is 19.8. The van der Waals surface area contributed by atoms with Gasteiger partial charge in [-0.05, 0) is 60.9 Å². The summed E-state index contributed by atoms with van der Waals surface area (Å²) in [6.07, 6.45) is 7.74. The Balaban J connectivity index is 1.60. The molecule has 132 valence electrons. The Morgan fingerprint density at radius 2 is 1.92 bits per heavy atom. The van der Waals surface area contributed by atoms with E-state index in [9.17, 15) is 4.79 Å². The molecule has 2 aromatic rings. The van der Waals surface area contributed by atoms with Crippen LogP contribution >= 0.6 is 0 Å². The summed E-state index contributed by atoms with van der Waals surface area (Å²) < 4.78 is 5.29. The van der Waals surface area contributed by atoms with Crippen molar-refractivity contribution < 1.29 is 9.53 Å². The van der Waals surface area contributed by atoms with Crippen LogP contribution in [0.2, 0.25) is 0 Å². The van der Waals surface area contributed by atoms with Gasteiger partial charge in [-0.1, -0.05) is 18.6 Å². The van der Waals surface area contributed by atoms with Crippen LogP contribution in [0.1, 0.15) is 43.4 Å². The Morgan fingerprint density at radius 1 is 1.20 bits per heavy atom. The minimum atomic E-state index is -0.367. The van der Waals surface area contributed by atoms with E-state index in [1.165, 1.54) is 19.3 Å². The van der Waals surface area contributed by atoms with E-state index in [0.717, 1.165) is 29.8 Å². The summed E-state index contributed by atoms with van der Waals surface area (Å²) >= 11 is 0. The molecule has 2 aliphatic carbocycles. The fourth-order valence-corrected chi connectivity index (χ4v) is 4.81. The number of likely N-dealkylation sites (N-methyl/N-ethyl adjacent to an activating group) is 1. The first kappa shape index (κ1) is 16.2. The zero-order valence-corrected chi connectivity index (χ0v) is 15.0. The van der Waals surface area contributed by atoms with E-state index in [4.69, 9.17) is 4.74 Å². The molecule has 1 N–H and O–H groups in total. The van der Waals surface area contributed by atoms with Crippen LogP contribution in [0.15, 0.2) is 42.6 Å². The summed E-state index contributed by atoms with van der Waals surface area (Å²) in [7, 11) is 3.59. The quantitative estimate of drug-likeness (QED) is 0.899. The maximum absolute atomic E-state index is 13.4. The maximum atomic E-state index is 13.4. The summed E-state index contributed by atoms with van der Waals surface area (Å²) in [5.74, 6) is 1.08. The molecule has 2 aliphatic rings. The molecule has 1 aromatic heterocycles. The number of nitrogens with zero attached hydrogens (tertiary/aromatic N) is 1. The van der Waals surface area contributed by atoms with Crippen molar-refractivity contribution in [2.24, 2.45) is 5.41 Å². The van der Waals surface area contributed by atoms with Crippen LogP contribution in [0, 0.1) is 5.41 Å². The molecule has 4 nitrogen and oxygen atoms in total.